The Morgan fingerprint density at radius 1 is 1.71 bits per heavy atom. The highest BCUT2D eigenvalue weighted by atomic mass is 16.5. The maximum absolute atomic E-state index is 11.1. The van der Waals surface area contributed by atoms with Crippen molar-refractivity contribution in [2.24, 2.45) is 0 Å². The van der Waals surface area contributed by atoms with Gasteiger partial charge in [0.1, 0.15) is 5.76 Å². The van der Waals surface area contributed by atoms with Crippen LogP contribution in [0.2, 0.25) is 0 Å². The van der Waals surface area contributed by atoms with Crippen molar-refractivity contribution in [3.63, 3.8) is 0 Å². The number of rotatable bonds is 5. The van der Waals surface area contributed by atoms with E-state index in [-0.39, 0.29) is 5.91 Å². The molecular weight excluding hydrogens is 182 g/mol. The van der Waals surface area contributed by atoms with Crippen LogP contribution in [0.4, 0.5) is 0 Å². The molecule has 0 saturated heterocycles. The van der Waals surface area contributed by atoms with Crippen molar-refractivity contribution in [2.75, 3.05) is 20.3 Å². The third-order valence-corrected chi connectivity index (χ3v) is 1.55. The number of ether oxygens (including phenoxy) is 1. The topological polar surface area (TPSA) is 51.5 Å². The van der Waals surface area contributed by atoms with E-state index in [4.69, 9.17) is 9.15 Å². The SMILES string of the molecule is COCCNC(=O)/C=C/c1ccco1. The van der Waals surface area contributed by atoms with Gasteiger partial charge in [0.25, 0.3) is 0 Å². The van der Waals surface area contributed by atoms with Crippen LogP contribution in [0.5, 0.6) is 0 Å². The molecule has 0 aliphatic rings. The lowest BCUT2D eigenvalue weighted by atomic mass is 10.4. The number of nitrogens with one attached hydrogen (secondary N) is 1. The molecule has 0 aromatic carbocycles. The van der Waals surface area contributed by atoms with E-state index < -0.39 is 0 Å². The monoisotopic (exact) mass is 195 g/mol. The molecule has 14 heavy (non-hydrogen) atoms. The van der Waals surface area contributed by atoms with Crippen molar-refractivity contribution in [2.45, 2.75) is 0 Å². The summed E-state index contributed by atoms with van der Waals surface area (Å²) in [6, 6.07) is 3.54. The minimum absolute atomic E-state index is 0.154. The number of methoxy groups -OCH3 is 1. The van der Waals surface area contributed by atoms with Gasteiger partial charge in [-0.3, -0.25) is 4.79 Å². The van der Waals surface area contributed by atoms with E-state index in [0.29, 0.717) is 18.9 Å². The number of amides is 1. The van der Waals surface area contributed by atoms with Gasteiger partial charge in [-0.25, -0.2) is 0 Å². The van der Waals surface area contributed by atoms with Crippen molar-refractivity contribution in [3.05, 3.63) is 30.2 Å². The highest BCUT2D eigenvalue weighted by Crippen LogP contribution is 2.01. The molecule has 76 valence electrons. The van der Waals surface area contributed by atoms with Gasteiger partial charge in [-0.1, -0.05) is 0 Å². The molecule has 0 unspecified atom stereocenters. The third-order valence-electron chi connectivity index (χ3n) is 1.55. The Labute approximate surface area is 82.6 Å². The fourth-order valence-electron chi connectivity index (χ4n) is 0.879. The predicted octanol–water partition coefficient (Wildman–Crippen LogP) is 1.06. The minimum Gasteiger partial charge on any atom is -0.465 e. The Balaban J connectivity index is 2.26. The Kier molecular flexibility index (Phi) is 4.50. The smallest absolute Gasteiger partial charge is 0.244 e. The lowest BCUT2D eigenvalue weighted by Crippen LogP contribution is -2.24. The molecule has 0 radical (unpaired) electrons. The van der Waals surface area contributed by atoms with Gasteiger partial charge in [-0.05, 0) is 18.2 Å². The van der Waals surface area contributed by atoms with Crippen molar-refractivity contribution < 1.29 is 13.9 Å². The number of carbonyl (C=O) groups excluding carboxylic acids is 1. The lowest BCUT2D eigenvalue weighted by molar-refractivity contribution is -0.116. The van der Waals surface area contributed by atoms with Crippen LogP contribution in [0.1, 0.15) is 5.76 Å². The van der Waals surface area contributed by atoms with Gasteiger partial charge in [-0.2, -0.15) is 0 Å². The van der Waals surface area contributed by atoms with E-state index >= 15 is 0 Å². The molecule has 0 bridgehead atoms. The molecule has 0 saturated carbocycles. The molecule has 1 amide bonds. The Bertz CT molecular complexity index is 290. The molecule has 1 heterocycles. The normalized spacial score (nSPS) is 10.6. The fraction of sp³-hybridized carbons (Fsp3) is 0.300. The molecule has 0 atom stereocenters. The van der Waals surface area contributed by atoms with Crippen LogP contribution in [0, 0.1) is 0 Å². The molecular formula is C10H13NO3. The van der Waals surface area contributed by atoms with Crippen LogP contribution in [-0.2, 0) is 9.53 Å². The number of hydrogen-bond acceptors (Lipinski definition) is 3. The average Bonchev–Trinajstić information content (AvgIpc) is 2.68. The molecule has 4 nitrogen and oxygen atoms in total. The van der Waals surface area contributed by atoms with Gasteiger partial charge in [0, 0.05) is 19.7 Å². The van der Waals surface area contributed by atoms with Crippen LogP contribution in [-0.4, -0.2) is 26.2 Å². The lowest BCUT2D eigenvalue weighted by Gasteiger charge is -1.99. The molecule has 0 fully saturated rings. The second-order valence-electron chi connectivity index (χ2n) is 2.63. The van der Waals surface area contributed by atoms with Gasteiger partial charge in [0.2, 0.25) is 5.91 Å². The first kappa shape index (κ1) is 10.5. The summed E-state index contributed by atoms with van der Waals surface area (Å²) in [6.45, 7) is 1.03. The summed E-state index contributed by atoms with van der Waals surface area (Å²) in [5.74, 6) is 0.505. The van der Waals surface area contributed by atoms with E-state index in [1.54, 1.807) is 31.6 Å². The molecule has 4 heteroatoms. The summed E-state index contributed by atoms with van der Waals surface area (Å²) in [5.41, 5.74) is 0. The maximum atomic E-state index is 11.1. The Morgan fingerprint density at radius 2 is 2.57 bits per heavy atom. The average molecular weight is 195 g/mol. The van der Waals surface area contributed by atoms with Crippen LogP contribution >= 0.6 is 0 Å². The molecule has 1 rings (SSSR count). The fourth-order valence-corrected chi connectivity index (χ4v) is 0.879. The second kappa shape index (κ2) is 5.99. The molecule has 0 spiro atoms. The summed E-state index contributed by atoms with van der Waals surface area (Å²) in [4.78, 5) is 11.1. The predicted molar refractivity (Wildman–Crippen MR) is 52.6 cm³/mol. The number of furan rings is 1. The molecule has 1 aromatic heterocycles. The standard InChI is InChI=1S/C10H13NO3/c1-13-8-6-11-10(12)5-4-9-3-2-7-14-9/h2-5,7H,6,8H2,1H3,(H,11,12)/b5-4+. The Hall–Kier alpha value is -1.55. The van der Waals surface area contributed by atoms with Gasteiger partial charge in [-0.15, -0.1) is 0 Å². The largest absolute Gasteiger partial charge is 0.465 e. The van der Waals surface area contributed by atoms with E-state index in [2.05, 4.69) is 5.32 Å². The van der Waals surface area contributed by atoms with Crippen molar-refractivity contribution in [1.82, 2.24) is 5.32 Å². The Morgan fingerprint density at radius 3 is 3.21 bits per heavy atom. The van der Waals surface area contributed by atoms with Crippen molar-refractivity contribution >= 4 is 12.0 Å². The summed E-state index contributed by atoms with van der Waals surface area (Å²) >= 11 is 0. The summed E-state index contributed by atoms with van der Waals surface area (Å²) in [5, 5.41) is 2.65. The first-order valence-electron chi connectivity index (χ1n) is 4.31. The number of hydrogen-bond donors (Lipinski definition) is 1. The van der Waals surface area contributed by atoms with Crippen molar-refractivity contribution in [3.8, 4) is 0 Å². The zero-order chi connectivity index (χ0) is 10.2. The maximum Gasteiger partial charge on any atom is 0.244 e. The molecule has 0 aliphatic heterocycles. The first-order valence-corrected chi connectivity index (χ1v) is 4.31. The zero-order valence-electron chi connectivity index (χ0n) is 8.03. The van der Waals surface area contributed by atoms with Crippen molar-refractivity contribution in [1.29, 1.82) is 0 Å². The van der Waals surface area contributed by atoms with Gasteiger partial charge >= 0.3 is 0 Å². The summed E-state index contributed by atoms with van der Waals surface area (Å²) in [7, 11) is 1.59. The first-order chi connectivity index (χ1) is 6.83. The van der Waals surface area contributed by atoms with E-state index in [1.165, 1.54) is 6.08 Å². The zero-order valence-corrected chi connectivity index (χ0v) is 8.03. The highest BCUT2D eigenvalue weighted by Gasteiger charge is 1.94. The van der Waals surface area contributed by atoms with Gasteiger partial charge in [0.15, 0.2) is 0 Å². The quantitative estimate of drug-likeness (QED) is 0.564. The number of carbonyl (C=O) groups is 1. The highest BCUT2D eigenvalue weighted by molar-refractivity contribution is 5.91. The summed E-state index contributed by atoms with van der Waals surface area (Å²) < 4.78 is 9.80. The van der Waals surface area contributed by atoms with Gasteiger partial charge < -0.3 is 14.5 Å². The van der Waals surface area contributed by atoms with E-state index in [9.17, 15) is 4.79 Å². The van der Waals surface area contributed by atoms with Crippen LogP contribution in [0.25, 0.3) is 6.08 Å². The van der Waals surface area contributed by atoms with E-state index in [0.717, 1.165) is 0 Å². The molecule has 1 N–H and O–H groups in total. The minimum atomic E-state index is -0.154. The molecule has 1 aromatic rings. The van der Waals surface area contributed by atoms with E-state index in [1.807, 2.05) is 0 Å². The third kappa shape index (κ3) is 3.91. The second-order valence-corrected chi connectivity index (χ2v) is 2.63. The van der Waals surface area contributed by atoms with Crippen LogP contribution in [0.3, 0.4) is 0 Å². The van der Waals surface area contributed by atoms with Crippen LogP contribution < -0.4 is 5.32 Å². The van der Waals surface area contributed by atoms with Crippen LogP contribution in [0.15, 0.2) is 28.9 Å². The molecule has 0 aliphatic carbocycles. The summed E-state index contributed by atoms with van der Waals surface area (Å²) in [6.07, 6.45) is 4.60. The van der Waals surface area contributed by atoms with Gasteiger partial charge in [0.05, 0.1) is 12.9 Å².